The molecule has 0 fully saturated rings. The molecule has 0 aromatic carbocycles. The normalized spacial score (nSPS) is 10.6. The van der Waals surface area contributed by atoms with Gasteiger partial charge in [-0.05, 0) is 64.1 Å². The van der Waals surface area contributed by atoms with E-state index in [1.54, 1.807) is 29.6 Å². The number of allylic oxidation sites excluding steroid dienone is 2. The third-order valence-corrected chi connectivity index (χ3v) is 8.26. The predicted molar refractivity (Wildman–Crippen MR) is 246 cm³/mol. The van der Waals surface area contributed by atoms with E-state index in [1.165, 1.54) is 27.6 Å². The first kappa shape index (κ1) is 51.8. The van der Waals surface area contributed by atoms with E-state index in [9.17, 15) is 0 Å². The molecule has 10 heteroatoms. The fraction of sp³-hybridized carbons (Fsp3) is 0.468. The average molecular weight is 779 g/mol. The summed E-state index contributed by atoms with van der Waals surface area (Å²) in [6.07, 6.45) is 19.6. The smallest absolute Gasteiger partial charge is 0.155 e. The zero-order valence-electron chi connectivity index (χ0n) is 37.2. The van der Waals surface area contributed by atoms with Crippen molar-refractivity contribution in [2.45, 2.75) is 142 Å². The molecule has 7 aromatic heterocycles. The van der Waals surface area contributed by atoms with Crippen LogP contribution in [-0.4, -0.2) is 49.5 Å². The van der Waals surface area contributed by atoms with Crippen molar-refractivity contribution in [3.63, 3.8) is 0 Å². The van der Waals surface area contributed by atoms with Crippen LogP contribution in [0.4, 0.5) is 0 Å². The van der Waals surface area contributed by atoms with Crippen molar-refractivity contribution in [2.75, 3.05) is 0 Å². The Kier molecular flexibility index (Phi) is 25.6. The van der Waals surface area contributed by atoms with Gasteiger partial charge in [0.2, 0.25) is 0 Å². The molecule has 0 saturated heterocycles. The molecule has 2 N–H and O–H groups in total. The zero-order valence-corrected chi connectivity index (χ0v) is 37.2. The second-order valence-corrected chi connectivity index (χ2v) is 13.0. The Bertz CT molecular complexity index is 2020. The van der Waals surface area contributed by atoms with Gasteiger partial charge in [0.1, 0.15) is 23.9 Å². The fourth-order valence-corrected chi connectivity index (χ4v) is 5.56. The maximum absolute atomic E-state index is 4.33. The zero-order chi connectivity index (χ0) is 42.2. The summed E-state index contributed by atoms with van der Waals surface area (Å²) in [6, 6.07) is 8.16. The summed E-state index contributed by atoms with van der Waals surface area (Å²) < 4.78 is 1.80. The molecule has 8 rings (SSSR count). The largest absolute Gasteiger partial charge is 0.346 e. The van der Waals surface area contributed by atoms with Crippen LogP contribution >= 0.6 is 0 Å². The van der Waals surface area contributed by atoms with Crippen LogP contribution in [0.15, 0.2) is 86.4 Å². The van der Waals surface area contributed by atoms with Gasteiger partial charge in [0, 0.05) is 60.6 Å². The molecule has 0 unspecified atom stereocenters. The Labute approximate surface area is 344 Å². The second-order valence-electron chi connectivity index (χ2n) is 13.0. The minimum absolute atomic E-state index is 0. The Morgan fingerprint density at radius 3 is 1.79 bits per heavy atom. The van der Waals surface area contributed by atoms with Gasteiger partial charge in [-0.3, -0.25) is 9.97 Å². The highest BCUT2D eigenvalue weighted by molar-refractivity contribution is 5.80. The number of aromatic nitrogens is 10. The van der Waals surface area contributed by atoms with Crippen LogP contribution in [0.1, 0.15) is 164 Å². The van der Waals surface area contributed by atoms with E-state index < -0.39 is 0 Å². The van der Waals surface area contributed by atoms with E-state index in [-0.39, 0.29) is 7.43 Å². The molecule has 0 spiro atoms. The molecular weight excluding hydrogens is 705 g/mol. The van der Waals surface area contributed by atoms with Crippen LogP contribution in [0.5, 0.6) is 0 Å². The van der Waals surface area contributed by atoms with E-state index in [4.69, 9.17) is 0 Å². The first-order valence-electron chi connectivity index (χ1n) is 20.6. The first-order valence-corrected chi connectivity index (χ1v) is 20.6. The molecule has 57 heavy (non-hydrogen) atoms. The number of aromatic amines is 2. The summed E-state index contributed by atoms with van der Waals surface area (Å²) in [4.78, 5) is 31.3. The molecule has 0 amide bonds. The van der Waals surface area contributed by atoms with Crippen molar-refractivity contribution in [1.82, 2.24) is 49.5 Å². The number of pyridine rings is 2. The van der Waals surface area contributed by atoms with Gasteiger partial charge in [-0.25, -0.2) is 24.5 Å². The summed E-state index contributed by atoms with van der Waals surface area (Å²) in [6.45, 7) is 33.4. The molecule has 0 atom stereocenters. The third kappa shape index (κ3) is 15.0. The Hall–Kier alpha value is -5.25. The Balaban J connectivity index is 0.000000688. The lowest BCUT2D eigenvalue weighted by molar-refractivity contribution is 0.835. The van der Waals surface area contributed by atoms with Gasteiger partial charge in [-0.2, -0.15) is 5.10 Å². The fourth-order valence-electron chi connectivity index (χ4n) is 5.56. The van der Waals surface area contributed by atoms with Crippen molar-refractivity contribution in [3.05, 3.63) is 114 Å². The molecule has 1 aliphatic carbocycles. The predicted octanol–water partition coefficient (Wildman–Crippen LogP) is 13.4. The summed E-state index contributed by atoms with van der Waals surface area (Å²) in [5, 5.41) is 6.44. The number of hydrogen-bond acceptors (Lipinski definition) is 7. The Morgan fingerprint density at radius 2 is 1.19 bits per heavy atom. The van der Waals surface area contributed by atoms with Crippen LogP contribution in [0.2, 0.25) is 0 Å². The molecule has 0 saturated carbocycles. The van der Waals surface area contributed by atoms with Crippen molar-refractivity contribution < 1.29 is 0 Å². The number of fused-ring (bicyclic) bond motifs is 4. The monoisotopic (exact) mass is 779 g/mol. The van der Waals surface area contributed by atoms with Gasteiger partial charge in [0.15, 0.2) is 5.65 Å². The number of H-pyrrole nitrogens is 2. The lowest BCUT2D eigenvalue weighted by Gasteiger charge is -2.06. The van der Waals surface area contributed by atoms with Crippen LogP contribution in [0.25, 0.3) is 33.3 Å². The summed E-state index contributed by atoms with van der Waals surface area (Å²) >= 11 is 0. The van der Waals surface area contributed by atoms with Crippen molar-refractivity contribution in [3.8, 4) is 0 Å². The van der Waals surface area contributed by atoms with E-state index in [1.807, 2.05) is 98.5 Å². The van der Waals surface area contributed by atoms with Crippen LogP contribution in [0, 0.1) is 5.92 Å². The third-order valence-electron chi connectivity index (χ3n) is 8.26. The molecule has 7 aromatic rings. The van der Waals surface area contributed by atoms with E-state index in [0.717, 1.165) is 40.1 Å². The quantitative estimate of drug-likeness (QED) is 0.182. The van der Waals surface area contributed by atoms with Gasteiger partial charge in [0.25, 0.3) is 0 Å². The highest BCUT2D eigenvalue weighted by atomic mass is 15.3. The molecule has 0 radical (unpaired) electrons. The Morgan fingerprint density at radius 1 is 0.596 bits per heavy atom. The first-order chi connectivity index (χ1) is 27.1. The van der Waals surface area contributed by atoms with Crippen molar-refractivity contribution in [2.24, 2.45) is 5.92 Å². The lowest BCUT2D eigenvalue weighted by Crippen LogP contribution is -1.96. The molecule has 1 aliphatic rings. The summed E-state index contributed by atoms with van der Waals surface area (Å²) in [5.74, 6) is 2.18. The van der Waals surface area contributed by atoms with E-state index in [2.05, 4.69) is 119 Å². The number of nitrogens with one attached hydrogen (secondary N) is 2. The molecule has 0 aliphatic heterocycles. The number of hydrogen-bond donors (Lipinski definition) is 2. The van der Waals surface area contributed by atoms with Gasteiger partial charge < -0.3 is 9.97 Å². The van der Waals surface area contributed by atoms with E-state index >= 15 is 0 Å². The minimum Gasteiger partial charge on any atom is -0.346 e. The van der Waals surface area contributed by atoms with Crippen LogP contribution in [-0.2, 0) is 6.42 Å². The lowest BCUT2D eigenvalue weighted by atomic mass is 10.0. The standard InChI is InChI=1S/2C10H12N2.2C9H11N3.4C2H6.CH4/c1-7(2)8-3-4-9-10(8)12-6-5-11-9;1-7(2)9-6-12-10-8(9)4-3-5-11-10;1-6(2)7-4-11-9-8(7)3-10-5-12-9;1-7(2)8-3-4-9-10-6-11-12(9)5-8;4*1-2;/h3,5-7H,4H2,1-2H3;3-7H,1-2H3,(H,11,12);3-6H,1-2H3,(H,10,11,12);3-7H,1-2H3;4*1-2H3;1H4. The molecule has 7 heterocycles. The van der Waals surface area contributed by atoms with Crippen molar-refractivity contribution >= 4 is 33.3 Å². The average Bonchev–Trinajstić information content (AvgIpc) is 4.07. The maximum atomic E-state index is 4.33. The molecule has 312 valence electrons. The minimum atomic E-state index is 0. The highest BCUT2D eigenvalue weighted by Crippen LogP contribution is 2.29. The molecule has 0 bridgehead atoms. The molecule has 10 nitrogen and oxygen atoms in total. The second kappa shape index (κ2) is 28.2. The molecular formula is C47H74N10. The topological polar surface area (TPSA) is 126 Å². The summed E-state index contributed by atoms with van der Waals surface area (Å²) in [7, 11) is 0. The highest BCUT2D eigenvalue weighted by Gasteiger charge is 2.18. The van der Waals surface area contributed by atoms with Gasteiger partial charge in [-0.15, -0.1) is 0 Å². The maximum Gasteiger partial charge on any atom is 0.155 e. The number of nitrogens with zero attached hydrogens (tertiary/aromatic N) is 8. The van der Waals surface area contributed by atoms with Gasteiger partial charge >= 0.3 is 0 Å². The number of rotatable bonds is 4. The van der Waals surface area contributed by atoms with E-state index in [0.29, 0.717) is 23.7 Å². The van der Waals surface area contributed by atoms with Gasteiger partial charge in [-0.1, -0.05) is 130 Å². The van der Waals surface area contributed by atoms with Crippen LogP contribution < -0.4 is 0 Å². The van der Waals surface area contributed by atoms with Crippen molar-refractivity contribution in [1.29, 1.82) is 0 Å². The van der Waals surface area contributed by atoms with Gasteiger partial charge in [0.05, 0.1) is 11.4 Å². The van der Waals surface area contributed by atoms with Crippen LogP contribution in [0.3, 0.4) is 0 Å². The SMILES string of the molecule is C.CC.CC.CC.CC.CC(C)C1=CCc2nccnc21.CC(C)c1c[nH]c2ncccc12.CC(C)c1c[nH]c2ncncc12.CC(C)c1ccc2ncnn2c1. The summed E-state index contributed by atoms with van der Waals surface area (Å²) in [5.41, 5.74) is 10.3.